The lowest BCUT2D eigenvalue weighted by Gasteiger charge is -2.38. The lowest BCUT2D eigenvalue weighted by Crippen LogP contribution is -2.52. The Labute approximate surface area is 194 Å². The average molecular weight is 444 g/mol. The Morgan fingerprint density at radius 1 is 1.03 bits per heavy atom. The first kappa shape index (κ1) is 22.6. The van der Waals surface area contributed by atoms with Crippen LogP contribution >= 0.6 is 0 Å². The number of para-hydroxylation sites is 1. The second kappa shape index (κ2) is 9.88. The van der Waals surface area contributed by atoms with Crippen LogP contribution in [-0.4, -0.2) is 64.8 Å². The maximum absolute atomic E-state index is 13.6. The SMILES string of the molecule is COc1ccc(-c2nn(-c3ccccc3)cc2C(=O)N2CCN(C(C#N)C(C)C)CC2)cc1. The number of hydrogen-bond donors (Lipinski definition) is 0. The maximum Gasteiger partial charge on any atom is 0.257 e. The number of amides is 1. The van der Waals surface area contributed by atoms with Gasteiger partial charge >= 0.3 is 0 Å². The van der Waals surface area contributed by atoms with Crippen LogP contribution < -0.4 is 4.74 Å². The number of carbonyl (C=O) groups is 1. The predicted molar refractivity (Wildman–Crippen MR) is 127 cm³/mol. The Balaban J connectivity index is 1.62. The number of hydrogen-bond acceptors (Lipinski definition) is 5. The summed E-state index contributed by atoms with van der Waals surface area (Å²) >= 11 is 0. The largest absolute Gasteiger partial charge is 0.497 e. The van der Waals surface area contributed by atoms with E-state index >= 15 is 0 Å². The molecule has 7 nitrogen and oxygen atoms in total. The Morgan fingerprint density at radius 3 is 2.27 bits per heavy atom. The molecule has 1 saturated heterocycles. The second-order valence-electron chi connectivity index (χ2n) is 8.55. The topological polar surface area (TPSA) is 74.4 Å². The molecule has 33 heavy (non-hydrogen) atoms. The molecule has 7 heteroatoms. The van der Waals surface area contributed by atoms with Gasteiger partial charge in [-0.3, -0.25) is 9.69 Å². The van der Waals surface area contributed by atoms with E-state index in [4.69, 9.17) is 9.84 Å². The van der Waals surface area contributed by atoms with Crippen molar-refractivity contribution in [1.82, 2.24) is 19.6 Å². The molecule has 2 aromatic carbocycles. The van der Waals surface area contributed by atoms with Crippen molar-refractivity contribution in [3.05, 3.63) is 66.4 Å². The highest BCUT2D eigenvalue weighted by molar-refractivity contribution is 6.00. The quantitative estimate of drug-likeness (QED) is 0.578. The number of piperazine rings is 1. The zero-order valence-corrected chi connectivity index (χ0v) is 19.3. The van der Waals surface area contributed by atoms with Gasteiger partial charge < -0.3 is 9.64 Å². The van der Waals surface area contributed by atoms with Crippen LogP contribution in [0.15, 0.2) is 60.8 Å². The van der Waals surface area contributed by atoms with Crippen LogP contribution in [0.3, 0.4) is 0 Å². The molecule has 0 bridgehead atoms. The van der Waals surface area contributed by atoms with Crippen LogP contribution in [0, 0.1) is 17.2 Å². The number of benzene rings is 2. The number of nitrogens with zero attached hydrogens (tertiary/aromatic N) is 5. The van der Waals surface area contributed by atoms with Gasteiger partial charge in [-0.2, -0.15) is 10.4 Å². The van der Waals surface area contributed by atoms with Crippen LogP contribution in [0.4, 0.5) is 0 Å². The van der Waals surface area contributed by atoms with E-state index < -0.39 is 0 Å². The molecule has 0 radical (unpaired) electrons. The Hall–Kier alpha value is -3.63. The molecule has 170 valence electrons. The molecular weight excluding hydrogens is 414 g/mol. The zero-order chi connectivity index (χ0) is 23.4. The first-order chi connectivity index (χ1) is 16.0. The zero-order valence-electron chi connectivity index (χ0n) is 19.3. The maximum atomic E-state index is 13.6. The van der Waals surface area contributed by atoms with Crippen molar-refractivity contribution in [3.8, 4) is 28.8 Å². The summed E-state index contributed by atoms with van der Waals surface area (Å²) in [6, 6.07) is 19.7. The summed E-state index contributed by atoms with van der Waals surface area (Å²) < 4.78 is 7.04. The first-order valence-electron chi connectivity index (χ1n) is 11.2. The standard InChI is InChI=1S/C26H29N5O2/c1-19(2)24(17-27)29-13-15-30(16-14-29)26(32)23-18-31(21-7-5-4-6-8-21)28-25(23)20-9-11-22(33-3)12-10-20/h4-12,18-19,24H,13-16H2,1-3H3. The molecule has 3 aromatic rings. The van der Waals surface area contributed by atoms with Gasteiger partial charge in [0.2, 0.25) is 0 Å². The van der Waals surface area contributed by atoms with Crippen molar-refractivity contribution in [1.29, 1.82) is 5.26 Å². The van der Waals surface area contributed by atoms with E-state index in [0.29, 0.717) is 37.4 Å². The normalized spacial score (nSPS) is 15.3. The number of ether oxygens (including phenoxy) is 1. The summed E-state index contributed by atoms with van der Waals surface area (Å²) in [6.07, 6.45) is 1.82. The summed E-state index contributed by atoms with van der Waals surface area (Å²) in [5.41, 5.74) is 2.96. The van der Waals surface area contributed by atoms with E-state index in [2.05, 4.69) is 24.8 Å². The van der Waals surface area contributed by atoms with Crippen molar-refractivity contribution in [2.45, 2.75) is 19.9 Å². The molecule has 0 saturated carbocycles. The van der Waals surface area contributed by atoms with Crippen molar-refractivity contribution in [2.24, 2.45) is 5.92 Å². The third kappa shape index (κ3) is 4.76. The minimum Gasteiger partial charge on any atom is -0.497 e. The molecule has 0 spiro atoms. The van der Waals surface area contributed by atoms with E-state index in [9.17, 15) is 10.1 Å². The van der Waals surface area contributed by atoms with Crippen LogP contribution in [-0.2, 0) is 0 Å². The molecule has 1 atom stereocenters. The van der Waals surface area contributed by atoms with E-state index in [0.717, 1.165) is 17.0 Å². The molecule has 1 fully saturated rings. The summed E-state index contributed by atoms with van der Waals surface area (Å²) in [6.45, 7) is 6.67. The monoisotopic (exact) mass is 443 g/mol. The van der Waals surface area contributed by atoms with Crippen molar-refractivity contribution < 1.29 is 9.53 Å². The van der Waals surface area contributed by atoms with Gasteiger partial charge in [-0.15, -0.1) is 0 Å². The van der Waals surface area contributed by atoms with Gasteiger partial charge in [-0.1, -0.05) is 32.0 Å². The van der Waals surface area contributed by atoms with Gasteiger partial charge in [0.15, 0.2) is 0 Å². The number of carbonyl (C=O) groups excluding carboxylic acids is 1. The molecule has 1 aromatic heterocycles. The first-order valence-corrected chi connectivity index (χ1v) is 11.2. The van der Waals surface area contributed by atoms with Gasteiger partial charge in [-0.05, 0) is 42.3 Å². The number of methoxy groups -OCH3 is 1. The van der Waals surface area contributed by atoms with E-state index in [-0.39, 0.29) is 17.9 Å². The lowest BCUT2D eigenvalue weighted by atomic mass is 10.0. The van der Waals surface area contributed by atoms with Crippen molar-refractivity contribution in [3.63, 3.8) is 0 Å². The highest BCUT2D eigenvalue weighted by Gasteiger charge is 2.30. The fourth-order valence-corrected chi connectivity index (χ4v) is 4.23. The summed E-state index contributed by atoms with van der Waals surface area (Å²) in [4.78, 5) is 17.6. The van der Waals surface area contributed by atoms with Crippen molar-refractivity contribution in [2.75, 3.05) is 33.3 Å². The van der Waals surface area contributed by atoms with Crippen LogP contribution in [0.2, 0.25) is 0 Å². The second-order valence-corrected chi connectivity index (χ2v) is 8.55. The van der Waals surface area contributed by atoms with Gasteiger partial charge in [0.25, 0.3) is 5.91 Å². The molecule has 0 aliphatic carbocycles. The molecule has 0 N–H and O–H groups in total. The average Bonchev–Trinajstić information content (AvgIpc) is 3.30. The molecule has 4 rings (SSSR count). The van der Waals surface area contributed by atoms with Crippen LogP contribution in [0.5, 0.6) is 5.75 Å². The molecule has 2 heterocycles. The van der Waals surface area contributed by atoms with Gasteiger partial charge in [0.05, 0.1) is 24.4 Å². The highest BCUT2D eigenvalue weighted by Crippen LogP contribution is 2.27. The van der Waals surface area contributed by atoms with Gasteiger partial charge in [0, 0.05) is 37.9 Å². The third-order valence-corrected chi connectivity index (χ3v) is 6.09. The number of rotatable bonds is 6. The van der Waals surface area contributed by atoms with E-state index in [1.54, 1.807) is 11.8 Å². The minimum atomic E-state index is -0.127. The van der Waals surface area contributed by atoms with E-state index in [1.807, 2.05) is 65.7 Å². The Kier molecular flexibility index (Phi) is 6.76. The van der Waals surface area contributed by atoms with Crippen molar-refractivity contribution >= 4 is 5.91 Å². The highest BCUT2D eigenvalue weighted by atomic mass is 16.5. The van der Waals surface area contributed by atoms with Crippen LogP contribution in [0.1, 0.15) is 24.2 Å². The minimum absolute atomic E-state index is 0.0410. The van der Waals surface area contributed by atoms with Gasteiger partial charge in [-0.25, -0.2) is 4.68 Å². The Bertz CT molecular complexity index is 1120. The Morgan fingerprint density at radius 2 is 1.70 bits per heavy atom. The predicted octanol–water partition coefficient (Wildman–Crippen LogP) is 3.85. The molecule has 1 unspecified atom stereocenters. The fraction of sp³-hybridized carbons (Fsp3) is 0.346. The molecule has 1 aliphatic rings. The fourth-order valence-electron chi connectivity index (χ4n) is 4.23. The number of nitriles is 1. The summed E-state index contributed by atoms with van der Waals surface area (Å²) in [7, 11) is 1.63. The lowest BCUT2D eigenvalue weighted by molar-refractivity contribution is 0.0577. The summed E-state index contributed by atoms with van der Waals surface area (Å²) in [5.74, 6) is 0.964. The van der Waals surface area contributed by atoms with E-state index in [1.165, 1.54) is 0 Å². The third-order valence-electron chi connectivity index (χ3n) is 6.09. The van der Waals surface area contributed by atoms with Gasteiger partial charge in [0.1, 0.15) is 17.5 Å². The summed E-state index contributed by atoms with van der Waals surface area (Å²) in [5, 5.41) is 14.3. The molecule has 1 amide bonds. The molecule has 1 aliphatic heterocycles. The number of aromatic nitrogens is 2. The van der Waals surface area contributed by atoms with Crippen LogP contribution in [0.25, 0.3) is 16.9 Å². The molecular formula is C26H29N5O2. The smallest absolute Gasteiger partial charge is 0.257 e.